The first kappa shape index (κ1) is 23.3. The van der Waals surface area contributed by atoms with Crippen molar-refractivity contribution in [2.75, 3.05) is 46.4 Å². The second kappa shape index (κ2) is 10.7. The SMILES string of the molecule is COc1ccccc1OCC(=O)N1CCN(C(=O)CCNC(=O)OC(C)(C)C)CC1. The molecule has 9 nitrogen and oxygen atoms in total. The van der Waals surface area contributed by atoms with Crippen LogP contribution in [0.15, 0.2) is 24.3 Å². The molecule has 1 heterocycles. The number of para-hydroxylation sites is 2. The molecule has 1 saturated heterocycles. The molecule has 9 heteroatoms. The molecule has 0 atom stereocenters. The lowest BCUT2D eigenvalue weighted by Crippen LogP contribution is -2.52. The van der Waals surface area contributed by atoms with E-state index in [-0.39, 0.29) is 31.4 Å². The first-order valence-corrected chi connectivity index (χ1v) is 9.98. The van der Waals surface area contributed by atoms with E-state index in [1.165, 1.54) is 0 Å². The van der Waals surface area contributed by atoms with Crippen LogP contribution in [0.4, 0.5) is 4.79 Å². The number of amides is 3. The van der Waals surface area contributed by atoms with Crippen molar-refractivity contribution in [2.45, 2.75) is 32.8 Å². The summed E-state index contributed by atoms with van der Waals surface area (Å²) in [4.78, 5) is 39.7. The van der Waals surface area contributed by atoms with Gasteiger partial charge in [-0.05, 0) is 32.9 Å². The number of methoxy groups -OCH3 is 1. The van der Waals surface area contributed by atoms with Gasteiger partial charge in [0, 0.05) is 39.1 Å². The summed E-state index contributed by atoms with van der Waals surface area (Å²) in [5.74, 6) is 0.878. The van der Waals surface area contributed by atoms with Gasteiger partial charge in [-0.3, -0.25) is 9.59 Å². The molecule has 0 bridgehead atoms. The van der Waals surface area contributed by atoms with Crippen molar-refractivity contribution >= 4 is 17.9 Å². The highest BCUT2D eigenvalue weighted by molar-refractivity contribution is 5.80. The van der Waals surface area contributed by atoms with Gasteiger partial charge in [-0.25, -0.2) is 4.79 Å². The molecule has 0 spiro atoms. The summed E-state index contributed by atoms with van der Waals surface area (Å²) >= 11 is 0. The lowest BCUT2D eigenvalue weighted by Gasteiger charge is -2.34. The third-order valence-electron chi connectivity index (χ3n) is 4.41. The maximum Gasteiger partial charge on any atom is 0.407 e. The van der Waals surface area contributed by atoms with Crippen LogP contribution in [0.3, 0.4) is 0 Å². The third kappa shape index (κ3) is 7.46. The van der Waals surface area contributed by atoms with Crippen LogP contribution < -0.4 is 14.8 Å². The molecule has 0 radical (unpaired) electrons. The lowest BCUT2D eigenvalue weighted by molar-refractivity contribution is -0.140. The number of nitrogens with one attached hydrogen (secondary N) is 1. The predicted octanol–water partition coefficient (Wildman–Crippen LogP) is 1.66. The Morgan fingerprint density at radius 1 is 0.967 bits per heavy atom. The van der Waals surface area contributed by atoms with E-state index in [9.17, 15) is 14.4 Å². The molecule has 3 amide bonds. The van der Waals surface area contributed by atoms with E-state index in [1.807, 2.05) is 12.1 Å². The number of carbonyl (C=O) groups is 3. The summed E-state index contributed by atoms with van der Waals surface area (Å²) in [5, 5.41) is 2.58. The van der Waals surface area contributed by atoms with Crippen LogP contribution in [-0.4, -0.2) is 79.7 Å². The number of piperazine rings is 1. The Morgan fingerprint density at radius 3 is 2.10 bits per heavy atom. The Kier molecular flexibility index (Phi) is 8.32. The van der Waals surface area contributed by atoms with Crippen LogP contribution in [0.2, 0.25) is 0 Å². The number of hydrogen-bond acceptors (Lipinski definition) is 6. The summed E-state index contributed by atoms with van der Waals surface area (Å²) in [7, 11) is 1.54. The highest BCUT2D eigenvalue weighted by atomic mass is 16.6. The average molecular weight is 421 g/mol. The number of alkyl carbamates (subject to hydrolysis) is 1. The maximum absolute atomic E-state index is 12.4. The van der Waals surface area contributed by atoms with Gasteiger partial charge < -0.3 is 29.3 Å². The fourth-order valence-electron chi connectivity index (χ4n) is 2.92. The summed E-state index contributed by atoms with van der Waals surface area (Å²) in [6.07, 6.45) is -0.356. The van der Waals surface area contributed by atoms with Gasteiger partial charge in [-0.1, -0.05) is 12.1 Å². The van der Waals surface area contributed by atoms with E-state index in [1.54, 1.807) is 49.8 Å². The second-order valence-corrected chi connectivity index (χ2v) is 7.88. The minimum Gasteiger partial charge on any atom is -0.493 e. The van der Waals surface area contributed by atoms with Crippen molar-refractivity contribution in [1.82, 2.24) is 15.1 Å². The van der Waals surface area contributed by atoms with Gasteiger partial charge in [0.1, 0.15) is 5.60 Å². The molecule has 1 fully saturated rings. The molecule has 1 aromatic carbocycles. The molecule has 0 unspecified atom stereocenters. The van der Waals surface area contributed by atoms with Gasteiger partial charge in [0.2, 0.25) is 5.91 Å². The topological polar surface area (TPSA) is 97.4 Å². The monoisotopic (exact) mass is 421 g/mol. The van der Waals surface area contributed by atoms with Crippen molar-refractivity contribution in [3.63, 3.8) is 0 Å². The highest BCUT2D eigenvalue weighted by Crippen LogP contribution is 2.25. The molecule has 2 rings (SSSR count). The third-order valence-corrected chi connectivity index (χ3v) is 4.41. The van der Waals surface area contributed by atoms with E-state index in [2.05, 4.69) is 5.32 Å². The second-order valence-electron chi connectivity index (χ2n) is 7.88. The number of carbonyl (C=O) groups excluding carboxylic acids is 3. The van der Waals surface area contributed by atoms with E-state index >= 15 is 0 Å². The predicted molar refractivity (Wildman–Crippen MR) is 111 cm³/mol. The molecule has 166 valence electrons. The number of rotatable bonds is 7. The first-order chi connectivity index (χ1) is 14.2. The molecule has 0 saturated carbocycles. The van der Waals surface area contributed by atoms with Crippen molar-refractivity contribution in [1.29, 1.82) is 0 Å². The van der Waals surface area contributed by atoms with Gasteiger partial charge in [-0.2, -0.15) is 0 Å². The van der Waals surface area contributed by atoms with Crippen LogP contribution in [0.25, 0.3) is 0 Å². The van der Waals surface area contributed by atoms with Gasteiger partial charge in [-0.15, -0.1) is 0 Å². The Bertz CT molecular complexity index is 739. The van der Waals surface area contributed by atoms with Crippen LogP contribution in [-0.2, 0) is 14.3 Å². The fraction of sp³-hybridized carbons (Fsp3) is 0.571. The highest BCUT2D eigenvalue weighted by Gasteiger charge is 2.24. The van der Waals surface area contributed by atoms with Crippen LogP contribution in [0.5, 0.6) is 11.5 Å². The number of nitrogens with zero attached hydrogens (tertiary/aromatic N) is 2. The molecule has 0 aromatic heterocycles. The summed E-state index contributed by atoms with van der Waals surface area (Å²) < 4.78 is 15.9. The number of ether oxygens (including phenoxy) is 3. The van der Waals surface area contributed by atoms with Crippen molar-refractivity contribution < 1.29 is 28.6 Å². The summed E-state index contributed by atoms with van der Waals surface area (Å²) in [6.45, 7) is 7.24. The van der Waals surface area contributed by atoms with Crippen LogP contribution in [0, 0.1) is 0 Å². The summed E-state index contributed by atoms with van der Waals surface area (Å²) in [6, 6.07) is 7.15. The maximum atomic E-state index is 12.4. The Hall–Kier alpha value is -2.97. The Labute approximate surface area is 177 Å². The first-order valence-electron chi connectivity index (χ1n) is 9.98. The molecule has 1 aliphatic heterocycles. The zero-order chi connectivity index (χ0) is 22.1. The molecule has 30 heavy (non-hydrogen) atoms. The van der Waals surface area contributed by atoms with Crippen molar-refractivity contribution in [3.05, 3.63) is 24.3 Å². The molecule has 1 aromatic rings. The zero-order valence-electron chi connectivity index (χ0n) is 18.1. The number of benzene rings is 1. The fourth-order valence-corrected chi connectivity index (χ4v) is 2.92. The van der Waals surface area contributed by atoms with Crippen molar-refractivity contribution in [2.24, 2.45) is 0 Å². The Balaban J connectivity index is 1.69. The van der Waals surface area contributed by atoms with Crippen molar-refractivity contribution in [3.8, 4) is 11.5 Å². The minimum atomic E-state index is -0.577. The standard InChI is InChI=1S/C21H31N3O6/c1-21(2,3)30-20(27)22-10-9-18(25)23-11-13-24(14-12-23)19(26)15-29-17-8-6-5-7-16(17)28-4/h5-8H,9-15H2,1-4H3,(H,22,27). The Morgan fingerprint density at radius 2 is 1.53 bits per heavy atom. The van der Waals surface area contributed by atoms with E-state index < -0.39 is 11.7 Å². The average Bonchev–Trinajstić information content (AvgIpc) is 2.70. The van der Waals surface area contributed by atoms with Gasteiger partial charge in [0.05, 0.1) is 7.11 Å². The summed E-state index contributed by atoms with van der Waals surface area (Å²) in [5.41, 5.74) is -0.577. The van der Waals surface area contributed by atoms with Gasteiger partial charge in [0.15, 0.2) is 18.1 Å². The molecular weight excluding hydrogens is 390 g/mol. The largest absolute Gasteiger partial charge is 0.493 e. The van der Waals surface area contributed by atoms with Gasteiger partial charge >= 0.3 is 6.09 Å². The van der Waals surface area contributed by atoms with Crippen LogP contribution >= 0.6 is 0 Å². The molecule has 1 N–H and O–H groups in total. The zero-order valence-corrected chi connectivity index (χ0v) is 18.1. The van der Waals surface area contributed by atoms with Crippen LogP contribution in [0.1, 0.15) is 27.2 Å². The smallest absolute Gasteiger partial charge is 0.407 e. The molecular formula is C21H31N3O6. The quantitative estimate of drug-likeness (QED) is 0.719. The molecule has 0 aliphatic carbocycles. The van der Waals surface area contributed by atoms with E-state index in [0.29, 0.717) is 37.7 Å². The minimum absolute atomic E-state index is 0.0663. The van der Waals surface area contributed by atoms with E-state index in [4.69, 9.17) is 14.2 Å². The van der Waals surface area contributed by atoms with Gasteiger partial charge in [0.25, 0.3) is 5.91 Å². The van der Waals surface area contributed by atoms with E-state index in [0.717, 1.165) is 0 Å². The normalized spacial score (nSPS) is 14.1. The lowest BCUT2D eigenvalue weighted by atomic mass is 10.2. The molecule has 1 aliphatic rings. The number of hydrogen-bond donors (Lipinski definition) is 1.